The summed E-state index contributed by atoms with van der Waals surface area (Å²) in [5.41, 5.74) is 4.30. The van der Waals surface area contributed by atoms with Gasteiger partial charge in [-0.15, -0.1) is 0 Å². The first kappa shape index (κ1) is 25.9. The van der Waals surface area contributed by atoms with E-state index in [0.717, 1.165) is 21.9 Å². The number of nitrogens with one attached hydrogen (secondary N) is 1. The van der Waals surface area contributed by atoms with Crippen molar-refractivity contribution in [1.29, 1.82) is 0 Å². The Bertz CT molecular complexity index is 1580. The second kappa shape index (κ2) is 11.3. The number of sulfonamides is 1. The van der Waals surface area contributed by atoms with Gasteiger partial charge in [0, 0.05) is 17.1 Å². The van der Waals surface area contributed by atoms with Gasteiger partial charge in [0.15, 0.2) is 0 Å². The van der Waals surface area contributed by atoms with Gasteiger partial charge in [-0.05, 0) is 59.5 Å². The Hall–Kier alpha value is -3.72. The zero-order chi connectivity index (χ0) is 26.5. The van der Waals surface area contributed by atoms with Crippen molar-refractivity contribution in [3.8, 4) is 5.75 Å². The number of halogens is 1. The molecular weight excluding hydrogens is 522 g/mol. The Kier molecular flexibility index (Phi) is 7.74. The van der Waals surface area contributed by atoms with Crippen LogP contribution in [0.1, 0.15) is 24.0 Å². The molecule has 38 heavy (non-hydrogen) atoms. The lowest BCUT2D eigenvalue weighted by molar-refractivity contribution is -0.124. The molecule has 0 aromatic heterocycles. The van der Waals surface area contributed by atoms with Crippen molar-refractivity contribution < 1.29 is 17.9 Å². The fourth-order valence-electron chi connectivity index (χ4n) is 4.54. The van der Waals surface area contributed by atoms with Gasteiger partial charge in [0.1, 0.15) is 18.4 Å². The maximum atomic E-state index is 13.2. The highest BCUT2D eigenvalue weighted by molar-refractivity contribution is 7.89. The number of carbonyl (C=O) groups excluding carboxylic acids is 1. The number of nitrogens with zero attached hydrogens (tertiary/aromatic N) is 2. The first-order valence-electron chi connectivity index (χ1n) is 12.2. The lowest BCUT2D eigenvalue weighted by Crippen LogP contribution is -2.44. The Labute approximate surface area is 226 Å². The summed E-state index contributed by atoms with van der Waals surface area (Å²) in [5, 5.41) is 6.57. The summed E-state index contributed by atoms with van der Waals surface area (Å²) < 4.78 is 33.7. The normalized spacial score (nSPS) is 16.2. The molecule has 0 spiro atoms. The van der Waals surface area contributed by atoms with E-state index in [1.807, 2.05) is 66.7 Å². The van der Waals surface area contributed by atoms with Gasteiger partial charge in [-0.3, -0.25) is 4.79 Å². The molecule has 0 bridgehead atoms. The van der Waals surface area contributed by atoms with Crippen LogP contribution in [0.2, 0.25) is 5.02 Å². The molecule has 0 aliphatic carbocycles. The first-order valence-corrected chi connectivity index (χ1v) is 14.0. The van der Waals surface area contributed by atoms with Gasteiger partial charge in [0.05, 0.1) is 11.1 Å². The van der Waals surface area contributed by atoms with Crippen molar-refractivity contribution in [1.82, 2.24) is 9.73 Å². The fourth-order valence-corrected chi connectivity index (χ4v) is 6.32. The van der Waals surface area contributed by atoms with E-state index < -0.39 is 22.0 Å². The second-order valence-electron chi connectivity index (χ2n) is 8.93. The number of hydrazone groups is 1. The van der Waals surface area contributed by atoms with Gasteiger partial charge in [0.2, 0.25) is 10.0 Å². The van der Waals surface area contributed by atoms with Gasteiger partial charge in [-0.1, -0.05) is 72.3 Å². The molecule has 4 aromatic rings. The third-order valence-electron chi connectivity index (χ3n) is 6.46. The van der Waals surface area contributed by atoms with E-state index in [1.54, 1.807) is 6.21 Å². The van der Waals surface area contributed by atoms with Crippen LogP contribution in [0.5, 0.6) is 5.75 Å². The van der Waals surface area contributed by atoms with E-state index >= 15 is 0 Å². The highest BCUT2D eigenvalue weighted by Crippen LogP contribution is 2.29. The number of benzene rings is 4. The Balaban J connectivity index is 1.35. The number of fused-ring (bicyclic) bond motifs is 1. The molecule has 1 N–H and O–H groups in total. The molecule has 5 rings (SSSR count). The van der Waals surface area contributed by atoms with Crippen LogP contribution in [0.3, 0.4) is 0 Å². The van der Waals surface area contributed by atoms with E-state index in [4.69, 9.17) is 16.3 Å². The summed E-state index contributed by atoms with van der Waals surface area (Å²) in [4.78, 5) is 13.2. The van der Waals surface area contributed by atoms with Crippen molar-refractivity contribution >= 4 is 44.5 Å². The predicted molar refractivity (Wildman–Crippen MR) is 149 cm³/mol. The van der Waals surface area contributed by atoms with Crippen LogP contribution in [0.15, 0.2) is 101 Å². The van der Waals surface area contributed by atoms with E-state index in [0.29, 0.717) is 30.2 Å². The van der Waals surface area contributed by atoms with E-state index in [1.165, 1.54) is 28.6 Å². The highest BCUT2D eigenvalue weighted by atomic mass is 35.5. The molecule has 9 heteroatoms. The van der Waals surface area contributed by atoms with E-state index in [9.17, 15) is 13.2 Å². The monoisotopic (exact) mass is 547 g/mol. The van der Waals surface area contributed by atoms with Gasteiger partial charge in [-0.25, -0.2) is 13.8 Å². The molecule has 1 saturated heterocycles. The molecule has 194 valence electrons. The minimum atomic E-state index is -3.85. The van der Waals surface area contributed by atoms with Crippen LogP contribution in [-0.4, -0.2) is 37.4 Å². The molecule has 0 unspecified atom stereocenters. The maximum Gasteiger partial charge on any atom is 0.258 e. The number of rotatable bonds is 8. The van der Waals surface area contributed by atoms with Crippen molar-refractivity contribution in [2.45, 2.75) is 30.4 Å². The smallest absolute Gasteiger partial charge is 0.258 e. The first-order chi connectivity index (χ1) is 18.4. The number of ether oxygens (including phenoxy) is 1. The number of hydrogen-bond donors (Lipinski definition) is 1. The number of amides is 1. The van der Waals surface area contributed by atoms with Crippen LogP contribution in [0.4, 0.5) is 0 Å². The highest BCUT2D eigenvalue weighted by Gasteiger charge is 2.39. The number of hydrogen-bond acceptors (Lipinski definition) is 5. The van der Waals surface area contributed by atoms with Gasteiger partial charge in [0.25, 0.3) is 5.91 Å². The molecule has 1 heterocycles. The molecule has 1 aliphatic heterocycles. The largest absolute Gasteiger partial charge is 0.488 e. The average Bonchev–Trinajstić information content (AvgIpc) is 3.44. The number of carbonyl (C=O) groups is 1. The minimum Gasteiger partial charge on any atom is -0.488 e. The van der Waals surface area contributed by atoms with Gasteiger partial charge >= 0.3 is 0 Å². The fraction of sp³-hybridized carbons (Fsp3) is 0.172. The SMILES string of the molecule is O=C(N/N=C\c1c(OCc2ccccc2)ccc2ccccc12)[C@@H]1CCCN1S(=O)(=O)c1ccc(Cl)cc1. The molecule has 0 saturated carbocycles. The molecule has 0 radical (unpaired) electrons. The predicted octanol–water partition coefficient (Wildman–Crippen LogP) is 5.38. The zero-order valence-corrected chi connectivity index (χ0v) is 22.0. The summed E-state index contributed by atoms with van der Waals surface area (Å²) in [6.07, 6.45) is 2.54. The lowest BCUT2D eigenvalue weighted by atomic mass is 10.0. The van der Waals surface area contributed by atoms with Crippen LogP contribution >= 0.6 is 11.6 Å². The van der Waals surface area contributed by atoms with Crippen LogP contribution in [-0.2, 0) is 21.4 Å². The summed E-state index contributed by atoms with van der Waals surface area (Å²) >= 11 is 5.91. The summed E-state index contributed by atoms with van der Waals surface area (Å²) in [6.45, 7) is 0.638. The third-order valence-corrected chi connectivity index (χ3v) is 8.64. The van der Waals surface area contributed by atoms with Gasteiger partial charge < -0.3 is 4.74 Å². The zero-order valence-electron chi connectivity index (χ0n) is 20.5. The van der Waals surface area contributed by atoms with Crippen LogP contribution in [0, 0.1) is 0 Å². The summed E-state index contributed by atoms with van der Waals surface area (Å²) in [6, 6.07) is 26.6. The Morgan fingerprint density at radius 1 is 1.00 bits per heavy atom. The van der Waals surface area contributed by atoms with Crippen LogP contribution < -0.4 is 10.2 Å². The molecule has 7 nitrogen and oxygen atoms in total. The lowest BCUT2D eigenvalue weighted by Gasteiger charge is -2.22. The van der Waals surface area contributed by atoms with Crippen molar-refractivity contribution in [2.75, 3.05) is 6.54 Å². The summed E-state index contributed by atoms with van der Waals surface area (Å²) in [5.74, 6) is 0.140. The Morgan fingerprint density at radius 3 is 2.53 bits per heavy atom. The van der Waals surface area contributed by atoms with Crippen molar-refractivity contribution in [2.24, 2.45) is 5.10 Å². The van der Waals surface area contributed by atoms with Gasteiger partial charge in [-0.2, -0.15) is 9.41 Å². The average molecular weight is 548 g/mol. The molecule has 1 fully saturated rings. The van der Waals surface area contributed by atoms with Crippen molar-refractivity contribution in [3.63, 3.8) is 0 Å². The molecular formula is C29H26ClN3O4S. The molecule has 1 atom stereocenters. The summed E-state index contributed by atoms with van der Waals surface area (Å²) in [7, 11) is -3.85. The molecule has 1 aliphatic rings. The standard InChI is InChI=1S/C29H26ClN3O4S/c30-23-13-15-24(16-14-23)38(35,36)33-18-6-11-27(33)29(34)32-31-19-26-25-10-5-4-9-22(25)12-17-28(26)37-20-21-7-2-1-3-8-21/h1-5,7-10,12-17,19,27H,6,11,18,20H2,(H,32,34)/b31-19-/t27-/m0/s1. The third kappa shape index (κ3) is 5.57. The Morgan fingerprint density at radius 2 is 1.74 bits per heavy atom. The second-order valence-corrected chi connectivity index (χ2v) is 11.3. The molecule has 4 aromatic carbocycles. The molecule has 1 amide bonds. The van der Waals surface area contributed by atoms with Crippen LogP contribution in [0.25, 0.3) is 10.8 Å². The maximum absolute atomic E-state index is 13.2. The van der Waals surface area contributed by atoms with E-state index in [-0.39, 0.29) is 11.4 Å². The van der Waals surface area contributed by atoms with Crippen molar-refractivity contribution in [3.05, 3.63) is 107 Å². The topological polar surface area (TPSA) is 88.1 Å². The quantitative estimate of drug-likeness (QED) is 0.237. The van der Waals surface area contributed by atoms with E-state index in [2.05, 4.69) is 10.5 Å². The minimum absolute atomic E-state index is 0.0982.